The highest BCUT2D eigenvalue weighted by Crippen LogP contribution is 2.21. The average molecular weight is 256 g/mol. The molecule has 0 aromatic carbocycles. The van der Waals surface area contributed by atoms with Crippen molar-refractivity contribution >= 4 is 11.9 Å². The Morgan fingerprint density at radius 2 is 2.11 bits per heavy atom. The second kappa shape index (κ2) is 7.33. The molecule has 1 rings (SSSR count). The Kier molecular flexibility index (Phi) is 6.07. The van der Waals surface area contributed by atoms with Crippen molar-refractivity contribution < 1.29 is 9.59 Å². The fourth-order valence-electron chi connectivity index (χ4n) is 2.42. The number of hydrogen-bond donors (Lipinski definition) is 3. The van der Waals surface area contributed by atoms with Crippen LogP contribution in [0.1, 0.15) is 33.1 Å². The minimum absolute atomic E-state index is 0.236. The third-order valence-electron chi connectivity index (χ3n) is 3.38. The number of urea groups is 1. The molecule has 104 valence electrons. The maximum absolute atomic E-state index is 11.7. The van der Waals surface area contributed by atoms with Crippen LogP contribution >= 0.6 is 0 Å². The van der Waals surface area contributed by atoms with Gasteiger partial charge in [-0.2, -0.15) is 0 Å². The van der Waals surface area contributed by atoms with Gasteiger partial charge in [-0.3, -0.25) is 15.0 Å². The molecule has 1 heterocycles. The van der Waals surface area contributed by atoms with Gasteiger partial charge in [0.05, 0.1) is 6.54 Å². The zero-order valence-electron chi connectivity index (χ0n) is 11.2. The van der Waals surface area contributed by atoms with E-state index in [-0.39, 0.29) is 18.5 Å². The predicted octanol–water partition coefficient (Wildman–Crippen LogP) is 0.0338. The van der Waals surface area contributed by atoms with Crippen LogP contribution < -0.4 is 16.4 Å². The minimum atomic E-state index is -0.434. The van der Waals surface area contributed by atoms with Gasteiger partial charge in [0.25, 0.3) is 0 Å². The van der Waals surface area contributed by atoms with Crippen molar-refractivity contribution in [2.24, 2.45) is 5.73 Å². The van der Waals surface area contributed by atoms with Crippen LogP contribution in [0, 0.1) is 0 Å². The lowest BCUT2D eigenvalue weighted by Crippen LogP contribution is -2.53. The van der Waals surface area contributed by atoms with Crippen LogP contribution in [0.5, 0.6) is 0 Å². The molecule has 18 heavy (non-hydrogen) atoms. The molecule has 1 aliphatic heterocycles. The molecule has 1 aliphatic rings. The van der Waals surface area contributed by atoms with Crippen LogP contribution in [-0.2, 0) is 4.79 Å². The number of likely N-dealkylation sites (tertiary alicyclic amines) is 1. The third-order valence-corrected chi connectivity index (χ3v) is 3.38. The van der Waals surface area contributed by atoms with Crippen molar-refractivity contribution in [3.8, 4) is 0 Å². The standard InChI is InChI=1S/C12H24N4O2/c1-3-14-12(18)15-11(17)8-16-9(2)5-4-6-10(16)7-13/h9-10H,3-8,13H2,1-2H3,(H2,14,15,17,18). The quantitative estimate of drug-likeness (QED) is 0.662. The maximum atomic E-state index is 11.7. The number of rotatable bonds is 4. The van der Waals surface area contributed by atoms with Gasteiger partial charge in [0.15, 0.2) is 0 Å². The van der Waals surface area contributed by atoms with E-state index >= 15 is 0 Å². The summed E-state index contributed by atoms with van der Waals surface area (Å²) in [5.74, 6) is -0.270. The molecule has 0 radical (unpaired) electrons. The molecular formula is C12H24N4O2. The number of nitrogens with zero attached hydrogens (tertiary/aromatic N) is 1. The van der Waals surface area contributed by atoms with Crippen LogP contribution in [0.4, 0.5) is 4.79 Å². The van der Waals surface area contributed by atoms with Crippen molar-refractivity contribution in [1.82, 2.24) is 15.5 Å². The first-order valence-corrected chi connectivity index (χ1v) is 6.62. The number of hydrogen-bond acceptors (Lipinski definition) is 4. The summed E-state index contributed by atoms with van der Waals surface area (Å²) in [5.41, 5.74) is 5.73. The number of amides is 3. The van der Waals surface area contributed by atoms with Gasteiger partial charge in [0.1, 0.15) is 0 Å². The van der Waals surface area contributed by atoms with Gasteiger partial charge in [0, 0.05) is 25.2 Å². The molecule has 2 unspecified atom stereocenters. The molecule has 0 aromatic rings. The van der Waals surface area contributed by atoms with E-state index in [1.54, 1.807) is 6.92 Å². The Hall–Kier alpha value is -1.14. The SMILES string of the molecule is CCNC(=O)NC(=O)CN1C(C)CCCC1CN. The van der Waals surface area contributed by atoms with E-state index in [1.165, 1.54) is 0 Å². The largest absolute Gasteiger partial charge is 0.338 e. The fraction of sp³-hybridized carbons (Fsp3) is 0.833. The molecule has 0 bridgehead atoms. The molecule has 6 heteroatoms. The van der Waals surface area contributed by atoms with E-state index in [9.17, 15) is 9.59 Å². The van der Waals surface area contributed by atoms with Crippen molar-refractivity contribution in [1.29, 1.82) is 0 Å². The topological polar surface area (TPSA) is 87.5 Å². The van der Waals surface area contributed by atoms with Crippen LogP contribution in [0.3, 0.4) is 0 Å². The monoisotopic (exact) mass is 256 g/mol. The van der Waals surface area contributed by atoms with Gasteiger partial charge in [-0.25, -0.2) is 4.79 Å². The highest BCUT2D eigenvalue weighted by Gasteiger charge is 2.28. The fourth-order valence-corrected chi connectivity index (χ4v) is 2.42. The number of carbonyl (C=O) groups excluding carboxylic acids is 2. The van der Waals surface area contributed by atoms with E-state index < -0.39 is 6.03 Å². The van der Waals surface area contributed by atoms with Gasteiger partial charge >= 0.3 is 6.03 Å². The summed E-state index contributed by atoms with van der Waals surface area (Å²) in [4.78, 5) is 25.1. The lowest BCUT2D eigenvalue weighted by molar-refractivity contribution is -0.122. The zero-order valence-corrected chi connectivity index (χ0v) is 11.2. The van der Waals surface area contributed by atoms with Gasteiger partial charge in [-0.15, -0.1) is 0 Å². The summed E-state index contributed by atoms with van der Waals surface area (Å²) < 4.78 is 0. The molecule has 0 aliphatic carbocycles. The average Bonchev–Trinajstić information content (AvgIpc) is 2.31. The Balaban J connectivity index is 2.47. The van der Waals surface area contributed by atoms with Crippen molar-refractivity contribution in [3.05, 3.63) is 0 Å². The molecule has 4 N–H and O–H groups in total. The Bertz CT molecular complexity index is 296. The van der Waals surface area contributed by atoms with Crippen LogP contribution in [0.2, 0.25) is 0 Å². The zero-order chi connectivity index (χ0) is 13.5. The second-order valence-electron chi connectivity index (χ2n) is 4.75. The molecule has 0 spiro atoms. The molecule has 0 aromatic heterocycles. The van der Waals surface area contributed by atoms with Crippen molar-refractivity contribution in [2.75, 3.05) is 19.6 Å². The Labute approximate surface area is 108 Å². The normalized spacial score (nSPS) is 24.6. The predicted molar refractivity (Wildman–Crippen MR) is 70.1 cm³/mol. The number of nitrogens with two attached hydrogens (primary N) is 1. The first-order chi connectivity index (χ1) is 8.58. The number of carbonyl (C=O) groups is 2. The molecule has 1 saturated heterocycles. The van der Waals surface area contributed by atoms with Gasteiger partial charge in [-0.05, 0) is 26.7 Å². The lowest BCUT2D eigenvalue weighted by atomic mass is 9.96. The highest BCUT2D eigenvalue weighted by atomic mass is 16.2. The van der Waals surface area contributed by atoms with Crippen LogP contribution in [0.25, 0.3) is 0 Å². The van der Waals surface area contributed by atoms with E-state index in [4.69, 9.17) is 5.73 Å². The summed E-state index contributed by atoms with van der Waals surface area (Å²) in [6.45, 7) is 5.20. The van der Waals surface area contributed by atoms with E-state index in [0.29, 0.717) is 19.1 Å². The molecule has 3 amide bonds. The van der Waals surface area contributed by atoms with Gasteiger partial charge in [0.2, 0.25) is 5.91 Å². The van der Waals surface area contributed by atoms with Crippen molar-refractivity contribution in [3.63, 3.8) is 0 Å². The van der Waals surface area contributed by atoms with Gasteiger partial charge in [-0.1, -0.05) is 6.42 Å². The minimum Gasteiger partial charge on any atom is -0.338 e. The summed E-state index contributed by atoms with van der Waals surface area (Å²) >= 11 is 0. The Morgan fingerprint density at radius 3 is 2.72 bits per heavy atom. The third kappa shape index (κ3) is 4.27. The van der Waals surface area contributed by atoms with E-state index in [1.807, 2.05) is 0 Å². The van der Waals surface area contributed by atoms with E-state index in [2.05, 4.69) is 22.5 Å². The summed E-state index contributed by atoms with van der Waals surface area (Å²) in [6.07, 6.45) is 3.25. The van der Waals surface area contributed by atoms with Gasteiger partial charge < -0.3 is 11.1 Å². The number of imide groups is 1. The molecule has 2 atom stereocenters. The number of nitrogens with one attached hydrogen (secondary N) is 2. The molecule has 1 fully saturated rings. The first kappa shape index (κ1) is 14.9. The lowest BCUT2D eigenvalue weighted by Gasteiger charge is -2.39. The van der Waals surface area contributed by atoms with E-state index in [0.717, 1.165) is 19.3 Å². The smallest absolute Gasteiger partial charge is 0.321 e. The summed E-state index contributed by atoms with van der Waals surface area (Å²) in [6, 6.07) is 0.150. The molecular weight excluding hydrogens is 232 g/mol. The molecule has 0 saturated carbocycles. The van der Waals surface area contributed by atoms with Crippen LogP contribution in [0.15, 0.2) is 0 Å². The summed E-state index contributed by atoms with van der Waals surface area (Å²) in [5, 5.41) is 4.86. The van der Waals surface area contributed by atoms with Crippen molar-refractivity contribution in [2.45, 2.75) is 45.2 Å². The Morgan fingerprint density at radius 1 is 1.39 bits per heavy atom. The second-order valence-corrected chi connectivity index (χ2v) is 4.75. The summed E-state index contributed by atoms with van der Waals surface area (Å²) in [7, 11) is 0. The molecule has 6 nitrogen and oxygen atoms in total. The number of piperidine rings is 1. The first-order valence-electron chi connectivity index (χ1n) is 6.62. The highest BCUT2D eigenvalue weighted by molar-refractivity contribution is 5.95. The maximum Gasteiger partial charge on any atom is 0.321 e. The van der Waals surface area contributed by atoms with Crippen LogP contribution in [-0.4, -0.2) is 48.6 Å².